The van der Waals surface area contributed by atoms with Crippen LogP contribution in [0.25, 0.3) is 0 Å². The first-order valence-corrected chi connectivity index (χ1v) is 8.66. The van der Waals surface area contributed by atoms with Crippen molar-refractivity contribution >= 4 is 23.3 Å². The fourth-order valence-electron chi connectivity index (χ4n) is 2.92. The summed E-state index contributed by atoms with van der Waals surface area (Å²) in [7, 11) is 0. The van der Waals surface area contributed by atoms with E-state index in [0.717, 1.165) is 18.3 Å². The number of hydrogen-bond acceptors (Lipinski definition) is 3. The van der Waals surface area contributed by atoms with Crippen LogP contribution in [-0.2, 0) is 6.18 Å². The van der Waals surface area contributed by atoms with Crippen LogP contribution in [0.1, 0.15) is 22.3 Å². The first-order chi connectivity index (χ1) is 12.8. The van der Waals surface area contributed by atoms with Gasteiger partial charge in [-0.25, -0.2) is 9.37 Å². The minimum absolute atomic E-state index is 0.0939. The molecule has 1 aromatic carbocycles. The van der Waals surface area contributed by atoms with Crippen LogP contribution in [0.3, 0.4) is 0 Å². The molecule has 2 heterocycles. The average molecular weight is 402 g/mol. The zero-order valence-electron chi connectivity index (χ0n) is 14.1. The molecule has 1 amide bonds. The summed E-state index contributed by atoms with van der Waals surface area (Å²) in [5.74, 6) is -0.696. The van der Waals surface area contributed by atoms with Crippen LogP contribution in [0.4, 0.5) is 23.4 Å². The Kier molecular flexibility index (Phi) is 5.55. The average Bonchev–Trinajstić information content (AvgIpc) is 2.89. The molecule has 0 radical (unpaired) electrons. The molecule has 0 saturated carbocycles. The number of amides is 1. The highest BCUT2D eigenvalue weighted by molar-refractivity contribution is 6.31. The van der Waals surface area contributed by atoms with Crippen molar-refractivity contribution in [3.05, 3.63) is 58.5 Å². The molecule has 1 fully saturated rings. The van der Waals surface area contributed by atoms with Gasteiger partial charge in [-0.2, -0.15) is 13.2 Å². The van der Waals surface area contributed by atoms with Gasteiger partial charge in [-0.3, -0.25) is 4.79 Å². The third-order valence-electron chi connectivity index (χ3n) is 4.34. The molecular weight excluding hydrogens is 386 g/mol. The van der Waals surface area contributed by atoms with E-state index in [1.54, 1.807) is 0 Å². The van der Waals surface area contributed by atoms with Crippen molar-refractivity contribution in [3.63, 3.8) is 0 Å². The molecule has 0 bridgehead atoms. The Labute approximate surface area is 158 Å². The van der Waals surface area contributed by atoms with Gasteiger partial charge < -0.3 is 9.80 Å². The second-order valence-corrected chi connectivity index (χ2v) is 6.60. The van der Waals surface area contributed by atoms with E-state index in [1.165, 1.54) is 23.1 Å². The molecule has 1 saturated heterocycles. The van der Waals surface area contributed by atoms with Crippen LogP contribution in [-0.4, -0.2) is 42.0 Å². The molecule has 0 aliphatic carbocycles. The summed E-state index contributed by atoms with van der Waals surface area (Å²) in [5.41, 5.74) is -0.905. The summed E-state index contributed by atoms with van der Waals surface area (Å²) in [4.78, 5) is 19.8. The van der Waals surface area contributed by atoms with E-state index >= 15 is 0 Å². The van der Waals surface area contributed by atoms with Gasteiger partial charge in [-0.15, -0.1) is 0 Å². The Bertz CT molecular complexity index is 826. The van der Waals surface area contributed by atoms with Gasteiger partial charge in [-0.1, -0.05) is 11.6 Å². The van der Waals surface area contributed by atoms with Gasteiger partial charge in [-0.05, 0) is 36.8 Å². The summed E-state index contributed by atoms with van der Waals surface area (Å²) in [6, 6.07) is 6.10. The first-order valence-electron chi connectivity index (χ1n) is 8.28. The SMILES string of the molecule is O=C(c1cc(Cl)ccc1F)N1CCCN(c2ccc(C(F)(F)F)cn2)CC1. The van der Waals surface area contributed by atoms with Crippen molar-refractivity contribution in [2.24, 2.45) is 0 Å². The van der Waals surface area contributed by atoms with Crippen molar-refractivity contribution < 1.29 is 22.4 Å². The van der Waals surface area contributed by atoms with E-state index in [9.17, 15) is 22.4 Å². The van der Waals surface area contributed by atoms with Crippen LogP contribution in [0.2, 0.25) is 5.02 Å². The molecule has 27 heavy (non-hydrogen) atoms. The van der Waals surface area contributed by atoms with E-state index < -0.39 is 23.5 Å². The highest BCUT2D eigenvalue weighted by Gasteiger charge is 2.31. The Morgan fingerprint density at radius 1 is 1.07 bits per heavy atom. The maximum Gasteiger partial charge on any atom is 0.417 e. The van der Waals surface area contributed by atoms with Gasteiger partial charge in [0, 0.05) is 37.4 Å². The molecular formula is C18H16ClF4N3O. The second kappa shape index (κ2) is 7.72. The Hall–Kier alpha value is -2.35. The fraction of sp³-hybridized carbons (Fsp3) is 0.333. The molecule has 0 atom stereocenters. The molecule has 4 nitrogen and oxygen atoms in total. The maximum absolute atomic E-state index is 13.9. The lowest BCUT2D eigenvalue weighted by atomic mass is 10.2. The summed E-state index contributed by atoms with van der Waals surface area (Å²) in [6.07, 6.45) is -3.06. The van der Waals surface area contributed by atoms with E-state index in [1.807, 2.05) is 4.90 Å². The predicted octanol–water partition coefficient (Wildman–Crippen LogP) is 4.25. The van der Waals surface area contributed by atoms with Gasteiger partial charge in [0.25, 0.3) is 5.91 Å². The topological polar surface area (TPSA) is 36.4 Å². The molecule has 3 rings (SSSR count). The van der Waals surface area contributed by atoms with Gasteiger partial charge in [0.15, 0.2) is 0 Å². The number of halogens is 5. The number of carbonyl (C=O) groups excluding carboxylic acids is 1. The summed E-state index contributed by atoms with van der Waals surface area (Å²) in [5, 5.41) is 0.269. The number of carbonyl (C=O) groups is 1. The van der Waals surface area contributed by atoms with Crippen molar-refractivity contribution in [2.45, 2.75) is 12.6 Å². The van der Waals surface area contributed by atoms with Crippen molar-refractivity contribution in [2.75, 3.05) is 31.1 Å². The number of aromatic nitrogens is 1. The highest BCUT2D eigenvalue weighted by Crippen LogP contribution is 2.29. The lowest BCUT2D eigenvalue weighted by molar-refractivity contribution is -0.137. The molecule has 0 unspecified atom stereocenters. The minimum atomic E-state index is -4.44. The summed E-state index contributed by atoms with van der Waals surface area (Å²) in [6.45, 7) is 1.61. The molecule has 0 spiro atoms. The number of alkyl halides is 3. The quantitative estimate of drug-likeness (QED) is 0.706. The van der Waals surface area contributed by atoms with Crippen molar-refractivity contribution in [3.8, 4) is 0 Å². The Morgan fingerprint density at radius 2 is 1.85 bits per heavy atom. The lowest BCUT2D eigenvalue weighted by Crippen LogP contribution is -2.35. The third-order valence-corrected chi connectivity index (χ3v) is 4.58. The summed E-state index contributed by atoms with van der Waals surface area (Å²) < 4.78 is 51.9. The molecule has 0 N–H and O–H groups in total. The fourth-order valence-corrected chi connectivity index (χ4v) is 3.09. The number of rotatable bonds is 2. The first kappa shape index (κ1) is 19.4. The largest absolute Gasteiger partial charge is 0.417 e. The molecule has 144 valence electrons. The maximum atomic E-state index is 13.9. The number of anilines is 1. The van der Waals surface area contributed by atoms with Crippen molar-refractivity contribution in [1.29, 1.82) is 0 Å². The zero-order chi connectivity index (χ0) is 19.6. The van der Waals surface area contributed by atoms with E-state index in [0.29, 0.717) is 38.4 Å². The molecule has 1 aromatic heterocycles. The van der Waals surface area contributed by atoms with E-state index in [-0.39, 0.29) is 10.6 Å². The molecule has 9 heteroatoms. The number of nitrogens with zero attached hydrogens (tertiary/aromatic N) is 3. The Balaban J connectivity index is 1.70. The van der Waals surface area contributed by atoms with Gasteiger partial charge in [0.05, 0.1) is 11.1 Å². The zero-order valence-corrected chi connectivity index (χ0v) is 14.9. The van der Waals surface area contributed by atoms with E-state index in [4.69, 9.17) is 11.6 Å². The van der Waals surface area contributed by atoms with Crippen LogP contribution < -0.4 is 4.90 Å². The van der Waals surface area contributed by atoms with Crippen LogP contribution in [0.15, 0.2) is 36.5 Å². The molecule has 2 aromatic rings. The second-order valence-electron chi connectivity index (χ2n) is 6.16. The van der Waals surface area contributed by atoms with Crippen LogP contribution >= 0.6 is 11.6 Å². The van der Waals surface area contributed by atoms with Gasteiger partial charge in [0.1, 0.15) is 11.6 Å². The monoisotopic (exact) mass is 401 g/mol. The van der Waals surface area contributed by atoms with Crippen LogP contribution in [0, 0.1) is 5.82 Å². The van der Waals surface area contributed by atoms with Gasteiger partial charge >= 0.3 is 6.18 Å². The lowest BCUT2D eigenvalue weighted by Gasteiger charge is -2.23. The smallest absolute Gasteiger partial charge is 0.355 e. The van der Waals surface area contributed by atoms with Crippen molar-refractivity contribution in [1.82, 2.24) is 9.88 Å². The number of benzene rings is 1. The predicted molar refractivity (Wildman–Crippen MR) is 93.4 cm³/mol. The van der Waals surface area contributed by atoms with E-state index in [2.05, 4.69) is 4.98 Å². The van der Waals surface area contributed by atoms with Crippen LogP contribution in [0.5, 0.6) is 0 Å². The normalized spacial score (nSPS) is 15.6. The molecule has 1 aliphatic rings. The highest BCUT2D eigenvalue weighted by atomic mass is 35.5. The number of hydrogen-bond donors (Lipinski definition) is 0. The Morgan fingerprint density at radius 3 is 2.52 bits per heavy atom. The number of pyridine rings is 1. The standard InChI is InChI=1S/C18H16ClF4N3O/c19-13-3-4-15(20)14(10-13)17(27)26-7-1-6-25(8-9-26)16-5-2-12(11-24-16)18(21,22)23/h2-5,10-11H,1,6-9H2. The molecule has 1 aliphatic heterocycles. The third kappa shape index (κ3) is 4.50. The van der Waals surface area contributed by atoms with Gasteiger partial charge in [0.2, 0.25) is 0 Å². The summed E-state index contributed by atoms with van der Waals surface area (Å²) >= 11 is 5.85. The minimum Gasteiger partial charge on any atom is -0.355 e.